The molecule has 1 heterocycles. The molecule has 0 aromatic carbocycles. The first-order chi connectivity index (χ1) is 6.33. The van der Waals surface area contributed by atoms with Crippen LogP contribution in [0, 0.1) is 0 Å². The monoisotopic (exact) mass is 224 g/mol. The molecule has 0 bridgehead atoms. The van der Waals surface area contributed by atoms with Crippen molar-refractivity contribution in [1.82, 2.24) is 10.2 Å². The largest absolute Gasteiger partial charge is 0.372 e. The maximum absolute atomic E-state index is 10.8. The molecule has 84 valence electrons. The van der Waals surface area contributed by atoms with Gasteiger partial charge < -0.3 is 10.4 Å². The second-order valence-electron chi connectivity index (χ2n) is 3.68. The first-order valence-corrected chi connectivity index (χ1v) is 5.89. The van der Waals surface area contributed by atoms with Crippen LogP contribution >= 0.6 is 0 Å². The Morgan fingerprint density at radius 2 is 1.93 bits per heavy atom. The van der Waals surface area contributed by atoms with Gasteiger partial charge in [0, 0.05) is 32.7 Å². The number of aliphatic hydroxyl groups is 1. The summed E-state index contributed by atoms with van der Waals surface area (Å²) in [6, 6.07) is 0. The summed E-state index contributed by atoms with van der Waals surface area (Å²) in [5, 5.41) is 12.6. The van der Waals surface area contributed by atoms with Crippen molar-refractivity contribution < 1.29 is 18.1 Å². The highest BCUT2D eigenvalue weighted by Gasteiger charge is 2.37. The Bertz CT molecular complexity index is 282. The van der Waals surface area contributed by atoms with E-state index in [1.54, 1.807) is 4.90 Å². The van der Waals surface area contributed by atoms with E-state index in [4.69, 9.17) is 4.55 Å². The van der Waals surface area contributed by atoms with Crippen molar-refractivity contribution in [2.75, 3.05) is 32.7 Å². The van der Waals surface area contributed by atoms with Crippen LogP contribution in [0.25, 0.3) is 0 Å². The van der Waals surface area contributed by atoms with Gasteiger partial charge in [0.15, 0.2) is 0 Å². The summed E-state index contributed by atoms with van der Waals surface area (Å²) < 4.78 is 30.3. The van der Waals surface area contributed by atoms with Gasteiger partial charge in [-0.3, -0.25) is 9.45 Å². The zero-order valence-corrected chi connectivity index (χ0v) is 8.92. The van der Waals surface area contributed by atoms with E-state index in [1.165, 1.54) is 0 Å². The molecule has 1 fully saturated rings. The van der Waals surface area contributed by atoms with Gasteiger partial charge in [-0.05, 0) is 6.92 Å². The van der Waals surface area contributed by atoms with Gasteiger partial charge in [-0.25, -0.2) is 0 Å². The Hall–Kier alpha value is -0.210. The lowest BCUT2D eigenvalue weighted by molar-refractivity contribution is 0.0750. The molecule has 0 saturated carbocycles. The van der Waals surface area contributed by atoms with Gasteiger partial charge in [0.2, 0.25) is 4.93 Å². The van der Waals surface area contributed by atoms with E-state index in [2.05, 4.69) is 5.32 Å². The molecule has 7 heteroatoms. The minimum Gasteiger partial charge on any atom is -0.372 e. The maximum atomic E-state index is 10.8. The SMILES string of the molecule is CC(O)(CN1CCNCC1)S(=O)(=O)O. The molecule has 1 atom stereocenters. The summed E-state index contributed by atoms with van der Waals surface area (Å²) in [4.78, 5) is -0.283. The van der Waals surface area contributed by atoms with E-state index in [-0.39, 0.29) is 6.54 Å². The van der Waals surface area contributed by atoms with Crippen LogP contribution in [-0.2, 0) is 10.1 Å². The second kappa shape index (κ2) is 4.11. The lowest BCUT2D eigenvalue weighted by Gasteiger charge is -2.32. The minimum absolute atomic E-state index is 0.0620. The number of rotatable bonds is 3. The molecule has 14 heavy (non-hydrogen) atoms. The summed E-state index contributed by atoms with van der Waals surface area (Å²) in [6.07, 6.45) is 0. The van der Waals surface area contributed by atoms with Crippen molar-refractivity contribution in [2.45, 2.75) is 11.9 Å². The molecule has 3 N–H and O–H groups in total. The third-order valence-corrected chi connectivity index (χ3v) is 3.52. The zero-order chi connectivity index (χ0) is 10.8. The Morgan fingerprint density at radius 3 is 2.36 bits per heavy atom. The fourth-order valence-corrected chi connectivity index (χ4v) is 1.71. The lowest BCUT2D eigenvalue weighted by Crippen LogP contribution is -2.52. The number of piperazine rings is 1. The molecule has 6 nitrogen and oxygen atoms in total. The van der Waals surface area contributed by atoms with Gasteiger partial charge in [0.25, 0.3) is 10.1 Å². The molecule has 0 aromatic heterocycles. The molecule has 0 aliphatic carbocycles. The van der Waals surface area contributed by atoms with E-state index in [0.717, 1.165) is 20.0 Å². The van der Waals surface area contributed by atoms with Gasteiger partial charge in [0.1, 0.15) is 0 Å². The summed E-state index contributed by atoms with van der Waals surface area (Å²) >= 11 is 0. The number of hydrogen-bond acceptors (Lipinski definition) is 5. The first kappa shape index (κ1) is 11.9. The van der Waals surface area contributed by atoms with Gasteiger partial charge in [-0.2, -0.15) is 8.42 Å². The normalized spacial score (nSPS) is 24.5. The van der Waals surface area contributed by atoms with Crippen molar-refractivity contribution in [3.63, 3.8) is 0 Å². The van der Waals surface area contributed by atoms with Gasteiger partial charge >= 0.3 is 0 Å². The first-order valence-electron chi connectivity index (χ1n) is 4.45. The molecule has 1 saturated heterocycles. The number of hydrogen-bond donors (Lipinski definition) is 3. The van der Waals surface area contributed by atoms with Crippen LogP contribution in [0.5, 0.6) is 0 Å². The van der Waals surface area contributed by atoms with Crippen LogP contribution in [0.4, 0.5) is 0 Å². The predicted molar refractivity (Wildman–Crippen MR) is 51.5 cm³/mol. The van der Waals surface area contributed by atoms with Crippen LogP contribution in [0.3, 0.4) is 0 Å². The van der Waals surface area contributed by atoms with Gasteiger partial charge in [-0.1, -0.05) is 0 Å². The number of nitrogens with one attached hydrogen (secondary N) is 1. The Morgan fingerprint density at radius 1 is 1.43 bits per heavy atom. The summed E-state index contributed by atoms with van der Waals surface area (Å²) in [6.45, 7) is 3.92. The summed E-state index contributed by atoms with van der Waals surface area (Å²) in [5.74, 6) is 0. The number of β-amino-alcohol motifs (C(OH)–C–C–N with tert-alkyl or cyclic N) is 1. The quantitative estimate of drug-likeness (QED) is 0.505. The standard InChI is InChI=1S/C7H16N2O4S/c1-7(10,14(11,12)13)6-9-4-2-8-3-5-9/h8,10H,2-6H2,1H3,(H,11,12,13). The van der Waals surface area contributed by atoms with Crippen molar-refractivity contribution in [3.05, 3.63) is 0 Å². The molecule has 0 spiro atoms. The van der Waals surface area contributed by atoms with Crippen molar-refractivity contribution >= 4 is 10.1 Å². The Kier molecular flexibility index (Phi) is 3.49. The molecular formula is C7H16N2O4S. The highest BCUT2D eigenvalue weighted by atomic mass is 32.2. The second-order valence-corrected chi connectivity index (χ2v) is 5.51. The van der Waals surface area contributed by atoms with Crippen molar-refractivity contribution in [2.24, 2.45) is 0 Å². The van der Waals surface area contributed by atoms with Crippen LogP contribution in [0.1, 0.15) is 6.92 Å². The molecular weight excluding hydrogens is 208 g/mol. The number of nitrogens with zero attached hydrogens (tertiary/aromatic N) is 1. The van der Waals surface area contributed by atoms with Gasteiger partial charge in [0.05, 0.1) is 0 Å². The molecule has 1 unspecified atom stereocenters. The summed E-state index contributed by atoms with van der Waals surface area (Å²) in [7, 11) is -4.41. The molecule has 1 aliphatic rings. The smallest absolute Gasteiger partial charge is 0.296 e. The highest BCUT2D eigenvalue weighted by molar-refractivity contribution is 7.87. The van der Waals surface area contributed by atoms with Crippen LogP contribution < -0.4 is 5.32 Å². The highest BCUT2D eigenvalue weighted by Crippen LogP contribution is 2.13. The zero-order valence-electron chi connectivity index (χ0n) is 8.10. The van der Waals surface area contributed by atoms with E-state index in [1.807, 2.05) is 0 Å². The minimum atomic E-state index is -4.41. The third kappa shape index (κ3) is 2.89. The molecule has 0 aromatic rings. The van der Waals surface area contributed by atoms with E-state index < -0.39 is 15.1 Å². The summed E-state index contributed by atoms with van der Waals surface area (Å²) in [5.41, 5.74) is 0. The molecule has 1 rings (SSSR count). The van der Waals surface area contributed by atoms with Crippen molar-refractivity contribution in [1.29, 1.82) is 0 Å². The fourth-order valence-electron chi connectivity index (χ4n) is 1.37. The van der Waals surface area contributed by atoms with Gasteiger partial charge in [-0.15, -0.1) is 0 Å². The molecule has 0 radical (unpaired) electrons. The van der Waals surface area contributed by atoms with Crippen LogP contribution in [0.2, 0.25) is 0 Å². The van der Waals surface area contributed by atoms with E-state index in [0.29, 0.717) is 13.1 Å². The van der Waals surface area contributed by atoms with Crippen molar-refractivity contribution in [3.8, 4) is 0 Å². The fraction of sp³-hybridized carbons (Fsp3) is 1.00. The maximum Gasteiger partial charge on any atom is 0.296 e. The Labute approximate surface area is 83.7 Å². The molecule has 0 amide bonds. The third-order valence-electron chi connectivity index (χ3n) is 2.28. The Balaban J connectivity index is 2.58. The average Bonchev–Trinajstić information content (AvgIpc) is 2.03. The molecule has 1 aliphatic heterocycles. The topological polar surface area (TPSA) is 89.9 Å². The lowest BCUT2D eigenvalue weighted by atomic mass is 10.3. The van der Waals surface area contributed by atoms with Crippen LogP contribution in [0.15, 0.2) is 0 Å². The predicted octanol–water partition coefficient (Wildman–Crippen LogP) is -1.51. The average molecular weight is 224 g/mol. The van der Waals surface area contributed by atoms with E-state index in [9.17, 15) is 13.5 Å². The van der Waals surface area contributed by atoms with Crippen LogP contribution in [-0.4, -0.2) is 60.6 Å². The van der Waals surface area contributed by atoms with E-state index >= 15 is 0 Å².